The highest BCUT2D eigenvalue weighted by atomic mass is 79.9. The minimum Gasteiger partial charge on any atom is -0.261 e. The third-order valence-electron chi connectivity index (χ3n) is 2.43. The van der Waals surface area contributed by atoms with Gasteiger partial charge in [-0.05, 0) is 31.6 Å². The van der Waals surface area contributed by atoms with Gasteiger partial charge in [0, 0.05) is 23.4 Å². The van der Waals surface area contributed by atoms with Gasteiger partial charge in [0.05, 0.1) is 5.69 Å². The predicted molar refractivity (Wildman–Crippen MR) is 55.8 cm³/mol. The van der Waals surface area contributed by atoms with E-state index < -0.39 is 0 Å². The Kier molecular flexibility index (Phi) is 2.94. The SMILES string of the molecule is BrC(CCc1cnccn1)C1CC1. The first-order valence-electron chi connectivity index (χ1n) is 4.75. The average Bonchev–Trinajstić information content (AvgIpc) is 2.99. The molecule has 1 heterocycles. The Balaban J connectivity index is 1.78. The normalized spacial score (nSPS) is 18.5. The molecule has 1 atom stereocenters. The van der Waals surface area contributed by atoms with Crippen molar-refractivity contribution >= 4 is 15.9 Å². The fourth-order valence-corrected chi connectivity index (χ4v) is 2.20. The molecule has 1 aromatic heterocycles. The average molecular weight is 241 g/mol. The molecule has 1 unspecified atom stereocenters. The van der Waals surface area contributed by atoms with Crippen LogP contribution in [-0.2, 0) is 6.42 Å². The second kappa shape index (κ2) is 4.18. The lowest BCUT2D eigenvalue weighted by Crippen LogP contribution is -2.03. The first-order valence-corrected chi connectivity index (χ1v) is 5.67. The zero-order chi connectivity index (χ0) is 9.10. The van der Waals surface area contributed by atoms with Crippen LogP contribution in [-0.4, -0.2) is 14.8 Å². The maximum Gasteiger partial charge on any atom is 0.0587 e. The van der Waals surface area contributed by atoms with Crippen LogP contribution in [0.1, 0.15) is 25.0 Å². The van der Waals surface area contributed by atoms with Gasteiger partial charge in [-0.2, -0.15) is 0 Å². The van der Waals surface area contributed by atoms with E-state index in [1.165, 1.54) is 19.3 Å². The summed E-state index contributed by atoms with van der Waals surface area (Å²) in [5, 5.41) is 0. The van der Waals surface area contributed by atoms with E-state index >= 15 is 0 Å². The van der Waals surface area contributed by atoms with Crippen molar-refractivity contribution in [2.45, 2.75) is 30.5 Å². The Bertz CT molecular complexity index is 259. The van der Waals surface area contributed by atoms with Crippen molar-refractivity contribution in [1.82, 2.24) is 9.97 Å². The van der Waals surface area contributed by atoms with Crippen molar-refractivity contribution in [3.63, 3.8) is 0 Å². The molecule has 0 N–H and O–H groups in total. The van der Waals surface area contributed by atoms with Gasteiger partial charge in [-0.25, -0.2) is 0 Å². The third-order valence-corrected chi connectivity index (χ3v) is 3.63. The van der Waals surface area contributed by atoms with E-state index in [0.29, 0.717) is 4.83 Å². The minimum absolute atomic E-state index is 0.689. The van der Waals surface area contributed by atoms with Crippen LogP contribution in [0.4, 0.5) is 0 Å². The number of hydrogen-bond acceptors (Lipinski definition) is 2. The molecule has 1 aliphatic carbocycles. The fraction of sp³-hybridized carbons (Fsp3) is 0.600. The number of halogens is 1. The van der Waals surface area contributed by atoms with Crippen molar-refractivity contribution in [3.05, 3.63) is 24.3 Å². The summed E-state index contributed by atoms with van der Waals surface area (Å²) in [5.74, 6) is 0.927. The second-order valence-corrected chi connectivity index (χ2v) is 4.76. The molecular weight excluding hydrogens is 228 g/mol. The number of aryl methyl sites for hydroxylation is 1. The molecule has 0 radical (unpaired) electrons. The summed E-state index contributed by atoms with van der Waals surface area (Å²) in [5.41, 5.74) is 1.10. The molecule has 13 heavy (non-hydrogen) atoms. The highest BCUT2D eigenvalue weighted by Gasteiger charge is 2.28. The van der Waals surface area contributed by atoms with Gasteiger partial charge in [-0.1, -0.05) is 15.9 Å². The van der Waals surface area contributed by atoms with E-state index in [2.05, 4.69) is 25.9 Å². The van der Waals surface area contributed by atoms with Crippen LogP contribution in [0.2, 0.25) is 0 Å². The summed E-state index contributed by atoms with van der Waals surface area (Å²) in [7, 11) is 0. The standard InChI is InChI=1S/C10H13BrN2/c11-10(8-1-2-8)4-3-9-7-12-5-6-13-9/h5-8,10H,1-4H2. The van der Waals surface area contributed by atoms with Crippen LogP contribution in [0.3, 0.4) is 0 Å². The van der Waals surface area contributed by atoms with Crippen molar-refractivity contribution in [2.75, 3.05) is 0 Å². The molecule has 0 bridgehead atoms. The van der Waals surface area contributed by atoms with Gasteiger partial charge < -0.3 is 0 Å². The topological polar surface area (TPSA) is 25.8 Å². The van der Waals surface area contributed by atoms with Crippen LogP contribution in [0.5, 0.6) is 0 Å². The first kappa shape index (κ1) is 9.13. The molecule has 70 valence electrons. The number of aromatic nitrogens is 2. The zero-order valence-corrected chi connectivity index (χ0v) is 9.07. The van der Waals surface area contributed by atoms with Crippen molar-refractivity contribution in [2.24, 2.45) is 5.92 Å². The fourth-order valence-electron chi connectivity index (χ4n) is 1.44. The number of alkyl halides is 1. The van der Waals surface area contributed by atoms with Gasteiger partial charge in [-0.3, -0.25) is 9.97 Å². The van der Waals surface area contributed by atoms with E-state index in [1.807, 2.05) is 6.20 Å². The molecule has 0 aromatic carbocycles. The monoisotopic (exact) mass is 240 g/mol. The Morgan fingerprint density at radius 2 is 2.31 bits per heavy atom. The number of rotatable bonds is 4. The van der Waals surface area contributed by atoms with Gasteiger partial charge in [0.25, 0.3) is 0 Å². The number of hydrogen-bond donors (Lipinski definition) is 0. The van der Waals surface area contributed by atoms with Crippen molar-refractivity contribution in [3.8, 4) is 0 Å². The summed E-state index contributed by atoms with van der Waals surface area (Å²) in [6.07, 6.45) is 10.4. The summed E-state index contributed by atoms with van der Waals surface area (Å²) < 4.78 is 0. The van der Waals surface area contributed by atoms with Crippen molar-refractivity contribution in [1.29, 1.82) is 0 Å². The zero-order valence-electron chi connectivity index (χ0n) is 7.49. The van der Waals surface area contributed by atoms with Crippen molar-refractivity contribution < 1.29 is 0 Å². The van der Waals surface area contributed by atoms with Gasteiger partial charge in [0.2, 0.25) is 0 Å². The van der Waals surface area contributed by atoms with Crippen LogP contribution in [0, 0.1) is 5.92 Å². The molecule has 0 aliphatic heterocycles. The van der Waals surface area contributed by atoms with Crippen LogP contribution >= 0.6 is 15.9 Å². The smallest absolute Gasteiger partial charge is 0.0587 e. The third kappa shape index (κ3) is 2.76. The predicted octanol–water partition coefficient (Wildman–Crippen LogP) is 2.58. The highest BCUT2D eigenvalue weighted by molar-refractivity contribution is 9.09. The van der Waals surface area contributed by atoms with E-state index in [0.717, 1.165) is 18.0 Å². The molecule has 0 spiro atoms. The van der Waals surface area contributed by atoms with Crippen LogP contribution in [0.15, 0.2) is 18.6 Å². The largest absolute Gasteiger partial charge is 0.261 e. The van der Waals surface area contributed by atoms with E-state index in [9.17, 15) is 0 Å². The first-order chi connectivity index (χ1) is 6.36. The maximum atomic E-state index is 4.25. The Morgan fingerprint density at radius 1 is 1.46 bits per heavy atom. The Hall–Kier alpha value is -0.440. The molecule has 2 nitrogen and oxygen atoms in total. The van der Waals surface area contributed by atoms with Gasteiger partial charge in [0.15, 0.2) is 0 Å². The molecular formula is C10H13BrN2. The van der Waals surface area contributed by atoms with Gasteiger partial charge in [-0.15, -0.1) is 0 Å². The minimum atomic E-state index is 0.689. The Labute approximate surface area is 86.9 Å². The lowest BCUT2D eigenvalue weighted by atomic mass is 10.1. The number of nitrogens with zero attached hydrogens (tertiary/aromatic N) is 2. The summed E-state index contributed by atoms with van der Waals surface area (Å²) in [6, 6.07) is 0. The summed E-state index contributed by atoms with van der Waals surface area (Å²) in [4.78, 5) is 8.98. The van der Waals surface area contributed by atoms with Gasteiger partial charge in [0.1, 0.15) is 0 Å². The lowest BCUT2D eigenvalue weighted by molar-refractivity contribution is 0.686. The van der Waals surface area contributed by atoms with Crippen LogP contribution in [0.25, 0.3) is 0 Å². The van der Waals surface area contributed by atoms with E-state index in [-0.39, 0.29) is 0 Å². The Morgan fingerprint density at radius 3 is 2.92 bits per heavy atom. The van der Waals surface area contributed by atoms with Gasteiger partial charge >= 0.3 is 0 Å². The molecule has 0 amide bonds. The summed E-state index contributed by atoms with van der Waals surface area (Å²) >= 11 is 3.71. The highest BCUT2D eigenvalue weighted by Crippen LogP contribution is 2.38. The molecule has 3 heteroatoms. The lowest BCUT2D eigenvalue weighted by Gasteiger charge is -2.06. The quantitative estimate of drug-likeness (QED) is 0.757. The second-order valence-electron chi connectivity index (χ2n) is 3.59. The molecule has 1 saturated carbocycles. The molecule has 0 saturated heterocycles. The maximum absolute atomic E-state index is 4.25. The van der Waals surface area contributed by atoms with Crippen LogP contribution < -0.4 is 0 Å². The molecule has 1 aromatic rings. The molecule has 1 aliphatic rings. The summed E-state index contributed by atoms with van der Waals surface area (Å²) in [6.45, 7) is 0. The molecule has 2 rings (SSSR count). The molecule has 1 fully saturated rings. The van der Waals surface area contributed by atoms with E-state index in [4.69, 9.17) is 0 Å². The van der Waals surface area contributed by atoms with E-state index in [1.54, 1.807) is 12.4 Å².